The van der Waals surface area contributed by atoms with Gasteiger partial charge in [0.15, 0.2) is 0 Å². The molecule has 3 heteroatoms. The van der Waals surface area contributed by atoms with Gasteiger partial charge < -0.3 is 5.21 Å². The van der Waals surface area contributed by atoms with E-state index in [0.29, 0.717) is 12.0 Å². The molecule has 0 aromatic rings. The van der Waals surface area contributed by atoms with E-state index >= 15 is 0 Å². The minimum absolute atomic E-state index is 0.488. The van der Waals surface area contributed by atoms with Crippen molar-refractivity contribution in [1.29, 1.82) is 0 Å². The first-order valence-corrected chi connectivity index (χ1v) is 6.86. The minimum Gasteiger partial charge on any atom is -0.411 e. The maximum atomic E-state index is 9.22. The quantitative estimate of drug-likeness (QED) is 0.546. The number of likely N-dealkylation sites (tertiary alicyclic amines) is 1. The topological polar surface area (TPSA) is 35.8 Å². The highest BCUT2D eigenvalue weighted by Crippen LogP contribution is 2.45. The molecule has 3 aliphatic rings. The van der Waals surface area contributed by atoms with Gasteiger partial charge in [0.1, 0.15) is 0 Å². The van der Waals surface area contributed by atoms with Gasteiger partial charge in [0.25, 0.3) is 0 Å². The van der Waals surface area contributed by atoms with Gasteiger partial charge >= 0.3 is 0 Å². The lowest BCUT2D eigenvalue weighted by Crippen LogP contribution is -2.45. The number of rotatable bonds is 1. The molecule has 0 radical (unpaired) electrons. The molecule has 0 amide bonds. The fourth-order valence-electron chi connectivity index (χ4n) is 4.05. The Hall–Kier alpha value is -0.570. The van der Waals surface area contributed by atoms with Crippen LogP contribution in [0, 0.1) is 11.8 Å². The molecular formula is C13H22N2O. The lowest BCUT2D eigenvalue weighted by atomic mass is 9.92. The molecule has 90 valence electrons. The summed E-state index contributed by atoms with van der Waals surface area (Å²) in [6, 6.07) is 0.488. The zero-order valence-corrected chi connectivity index (χ0v) is 9.94. The third-order valence-corrected chi connectivity index (χ3v) is 4.79. The van der Waals surface area contributed by atoms with Crippen molar-refractivity contribution < 1.29 is 5.21 Å². The second kappa shape index (κ2) is 4.36. The van der Waals surface area contributed by atoms with E-state index in [0.717, 1.165) is 11.6 Å². The number of hydrogen-bond acceptors (Lipinski definition) is 3. The Labute approximate surface area is 97.5 Å². The van der Waals surface area contributed by atoms with Crippen LogP contribution in [0.5, 0.6) is 0 Å². The smallest absolute Gasteiger partial charge is 0.0775 e. The Morgan fingerprint density at radius 1 is 1.06 bits per heavy atom. The zero-order chi connectivity index (χ0) is 11.0. The summed E-state index contributed by atoms with van der Waals surface area (Å²) in [6.07, 6.45) is 9.30. The number of nitrogens with zero attached hydrogens (tertiary/aromatic N) is 2. The average molecular weight is 222 g/mol. The van der Waals surface area contributed by atoms with Crippen LogP contribution in [-0.2, 0) is 0 Å². The molecule has 2 aliphatic carbocycles. The van der Waals surface area contributed by atoms with Crippen molar-refractivity contribution >= 4 is 5.71 Å². The van der Waals surface area contributed by atoms with E-state index in [1.807, 2.05) is 0 Å². The minimum atomic E-state index is 0.488. The predicted octanol–water partition coefficient (Wildman–Crippen LogP) is 2.49. The van der Waals surface area contributed by atoms with Gasteiger partial charge in [-0.3, -0.25) is 4.90 Å². The maximum absolute atomic E-state index is 9.22. The van der Waals surface area contributed by atoms with Gasteiger partial charge in [-0.1, -0.05) is 18.0 Å². The van der Waals surface area contributed by atoms with Crippen LogP contribution in [0.1, 0.15) is 44.9 Å². The van der Waals surface area contributed by atoms with Gasteiger partial charge in [0.05, 0.1) is 11.8 Å². The van der Waals surface area contributed by atoms with Crippen molar-refractivity contribution in [2.45, 2.75) is 51.0 Å². The van der Waals surface area contributed by atoms with Gasteiger partial charge in [-0.2, -0.15) is 0 Å². The summed E-state index contributed by atoms with van der Waals surface area (Å²) in [5.41, 5.74) is 1.11. The molecule has 3 nitrogen and oxygen atoms in total. The van der Waals surface area contributed by atoms with Crippen molar-refractivity contribution in [3.05, 3.63) is 0 Å². The fraction of sp³-hybridized carbons (Fsp3) is 0.923. The fourth-order valence-corrected chi connectivity index (χ4v) is 4.05. The molecule has 2 saturated carbocycles. The highest BCUT2D eigenvalue weighted by atomic mass is 16.4. The van der Waals surface area contributed by atoms with Gasteiger partial charge in [-0.15, -0.1) is 0 Å². The SMILES string of the molecule is O/N=C1/[C@H]2CC[C@@H](C2)[C@@H]1N1CCCCCC1. The normalized spacial score (nSPS) is 42.8. The molecule has 3 fully saturated rings. The van der Waals surface area contributed by atoms with Crippen LogP contribution in [0.2, 0.25) is 0 Å². The van der Waals surface area contributed by atoms with E-state index in [2.05, 4.69) is 10.1 Å². The summed E-state index contributed by atoms with van der Waals surface area (Å²) in [5.74, 6) is 1.39. The third-order valence-electron chi connectivity index (χ3n) is 4.79. The number of hydrogen-bond donors (Lipinski definition) is 1. The van der Waals surface area contributed by atoms with E-state index in [9.17, 15) is 5.21 Å². The van der Waals surface area contributed by atoms with Gasteiger partial charge in [0.2, 0.25) is 0 Å². The van der Waals surface area contributed by atoms with Crippen LogP contribution >= 0.6 is 0 Å². The number of oxime groups is 1. The highest BCUT2D eigenvalue weighted by molar-refractivity contribution is 5.94. The van der Waals surface area contributed by atoms with Gasteiger partial charge in [-0.05, 0) is 51.1 Å². The molecule has 3 atom stereocenters. The van der Waals surface area contributed by atoms with Crippen molar-refractivity contribution in [3.8, 4) is 0 Å². The Balaban J connectivity index is 1.77. The Kier molecular flexibility index (Phi) is 2.88. The van der Waals surface area contributed by atoms with Crippen LogP contribution in [0.15, 0.2) is 5.16 Å². The molecule has 0 aromatic carbocycles. The van der Waals surface area contributed by atoms with Crippen LogP contribution in [0.4, 0.5) is 0 Å². The number of fused-ring (bicyclic) bond motifs is 2. The monoisotopic (exact) mass is 222 g/mol. The predicted molar refractivity (Wildman–Crippen MR) is 63.9 cm³/mol. The standard InChI is InChI=1S/C13H22N2O/c16-14-12-10-5-6-11(9-10)13(12)15-7-3-1-2-4-8-15/h10-11,13,16H,1-9H2/b14-12-/t10-,11-,13-/m0/s1. The maximum Gasteiger partial charge on any atom is 0.0775 e. The van der Waals surface area contributed by atoms with Crippen LogP contribution in [0.25, 0.3) is 0 Å². The van der Waals surface area contributed by atoms with Gasteiger partial charge in [-0.25, -0.2) is 0 Å². The van der Waals surface area contributed by atoms with Gasteiger partial charge in [0, 0.05) is 5.92 Å². The molecule has 0 unspecified atom stereocenters. The molecule has 2 bridgehead atoms. The van der Waals surface area contributed by atoms with Crippen LogP contribution < -0.4 is 0 Å². The van der Waals surface area contributed by atoms with Crippen molar-refractivity contribution in [3.63, 3.8) is 0 Å². The Morgan fingerprint density at radius 3 is 2.50 bits per heavy atom. The second-order valence-electron chi connectivity index (χ2n) is 5.69. The largest absolute Gasteiger partial charge is 0.411 e. The van der Waals surface area contributed by atoms with E-state index in [-0.39, 0.29) is 0 Å². The van der Waals surface area contributed by atoms with E-state index in [1.165, 1.54) is 58.0 Å². The molecule has 0 aromatic heterocycles. The third kappa shape index (κ3) is 1.65. The summed E-state index contributed by atoms with van der Waals surface area (Å²) in [6.45, 7) is 2.43. The summed E-state index contributed by atoms with van der Waals surface area (Å²) < 4.78 is 0. The first-order chi connectivity index (χ1) is 7.90. The van der Waals surface area contributed by atoms with E-state index in [1.54, 1.807) is 0 Å². The Bertz CT molecular complexity index is 282. The first kappa shape index (κ1) is 10.6. The van der Waals surface area contributed by atoms with Crippen LogP contribution in [-0.4, -0.2) is 35.0 Å². The first-order valence-electron chi connectivity index (χ1n) is 6.86. The molecule has 1 N–H and O–H groups in total. The van der Waals surface area contributed by atoms with Crippen LogP contribution in [0.3, 0.4) is 0 Å². The summed E-state index contributed by atoms with van der Waals surface area (Å²) >= 11 is 0. The molecule has 0 spiro atoms. The Morgan fingerprint density at radius 2 is 1.81 bits per heavy atom. The second-order valence-corrected chi connectivity index (χ2v) is 5.69. The molecular weight excluding hydrogens is 200 g/mol. The molecule has 16 heavy (non-hydrogen) atoms. The highest BCUT2D eigenvalue weighted by Gasteiger charge is 2.47. The van der Waals surface area contributed by atoms with Crippen molar-refractivity contribution in [2.75, 3.05) is 13.1 Å². The lowest BCUT2D eigenvalue weighted by molar-refractivity contribution is 0.197. The van der Waals surface area contributed by atoms with E-state index in [4.69, 9.17) is 0 Å². The molecule has 1 saturated heterocycles. The summed E-state index contributed by atoms with van der Waals surface area (Å²) in [5, 5.41) is 12.9. The summed E-state index contributed by atoms with van der Waals surface area (Å²) in [7, 11) is 0. The molecule has 3 rings (SSSR count). The lowest BCUT2D eigenvalue weighted by Gasteiger charge is -2.33. The molecule has 1 heterocycles. The van der Waals surface area contributed by atoms with E-state index < -0.39 is 0 Å². The van der Waals surface area contributed by atoms with Crippen molar-refractivity contribution in [1.82, 2.24) is 4.90 Å². The summed E-state index contributed by atoms with van der Waals surface area (Å²) in [4.78, 5) is 2.60. The zero-order valence-electron chi connectivity index (χ0n) is 9.94. The average Bonchev–Trinajstić information content (AvgIpc) is 2.80. The molecule has 1 aliphatic heterocycles. The van der Waals surface area contributed by atoms with Crippen molar-refractivity contribution in [2.24, 2.45) is 17.0 Å².